The van der Waals surface area contributed by atoms with Crippen molar-refractivity contribution in [1.82, 2.24) is 14.5 Å². The first-order valence-electron chi connectivity index (χ1n) is 7.66. The molecule has 0 aliphatic carbocycles. The first-order chi connectivity index (χ1) is 11.7. The summed E-state index contributed by atoms with van der Waals surface area (Å²) in [6.07, 6.45) is 5.23. The van der Waals surface area contributed by atoms with Crippen molar-refractivity contribution in [1.29, 1.82) is 0 Å². The summed E-state index contributed by atoms with van der Waals surface area (Å²) in [7, 11) is 1.92. The second kappa shape index (κ2) is 7.88. The number of aromatic nitrogens is 2. The Labute approximate surface area is 145 Å². The van der Waals surface area contributed by atoms with Gasteiger partial charge in [-0.2, -0.15) is 0 Å². The minimum absolute atomic E-state index is 0.0586. The Bertz CT molecular complexity index is 769. The van der Waals surface area contributed by atoms with Crippen LogP contribution >= 0.6 is 11.8 Å². The molecule has 0 bridgehead atoms. The number of imidazole rings is 1. The fourth-order valence-corrected chi connectivity index (χ4v) is 3.17. The molecular formula is C18H19N3O2S. The Morgan fingerprint density at radius 2 is 2.04 bits per heavy atom. The molecule has 0 spiro atoms. The van der Waals surface area contributed by atoms with Gasteiger partial charge in [0.25, 0.3) is 0 Å². The molecule has 3 aromatic rings. The maximum Gasteiger partial charge on any atom is 0.233 e. The molecule has 1 amide bonds. The summed E-state index contributed by atoms with van der Waals surface area (Å²) < 4.78 is 7.31. The van der Waals surface area contributed by atoms with Crippen molar-refractivity contribution in [2.45, 2.75) is 18.2 Å². The molecule has 0 radical (unpaired) electrons. The van der Waals surface area contributed by atoms with Gasteiger partial charge < -0.3 is 13.9 Å². The van der Waals surface area contributed by atoms with E-state index in [1.54, 1.807) is 12.5 Å². The number of thioether (sulfide) groups is 1. The van der Waals surface area contributed by atoms with E-state index in [4.69, 9.17) is 4.42 Å². The van der Waals surface area contributed by atoms with Crippen LogP contribution in [0.5, 0.6) is 0 Å². The Hall–Kier alpha value is -2.47. The van der Waals surface area contributed by atoms with Crippen LogP contribution < -0.4 is 0 Å². The number of carbonyl (C=O) groups excluding carboxylic acids is 1. The highest BCUT2D eigenvalue weighted by Gasteiger charge is 2.17. The molecule has 1 aromatic carbocycles. The van der Waals surface area contributed by atoms with Gasteiger partial charge in [0.05, 0.1) is 18.6 Å². The number of carbonyl (C=O) groups is 1. The highest BCUT2D eigenvalue weighted by Crippen LogP contribution is 2.17. The summed E-state index contributed by atoms with van der Waals surface area (Å²) in [5, 5.41) is 0.834. The molecule has 0 saturated carbocycles. The van der Waals surface area contributed by atoms with Gasteiger partial charge in [-0.3, -0.25) is 4.79 Å². The van der Waals surface area contributed by atoms with E-state index in [9.17, 15) is 4.79 Å². The average Bonchev–Trinajstić information content (AvgIpc) is 3.25. The second-order valence-corrected chi connectivity index (χ2v) is 6.37. The average molecular weight is 341 g/mol. The summed E-state index contributed by atoms with van der Waals surface area (Å²) >= 11 is 1.44. The third-order valence-corrected chi connectivity index (χ3v) is 4.64. The van der Waals surface area contributed by atoms with E-state index >= 15 is 0 Å². The van der Waals surface area contributed by atoms with Crippen LogP contribution in [0.1, 0.15) is 11.3 Å². The third-order valence-electron chi connectivity index (χ3n) is 3.60. The first-order valence-corrected chi connectivity index (χ1v) is 8.65. The molecule has 2 heterocycles. The maximum absolute atomic E-state index is 12.7. The van der Waals surface area contributed by atoms with E-state index in [1.165, 1.54) is 11.8 Å². The topological polar surface area (TPSA) is 51.3 Å². The van der Waals surface area contributed by atoms with Crippen LogP contribution in [0.3, 0.4) is 0 Å². The Morgan fingerprint density at radius 1 is 1.21 bits per heavy atom. The zero-order valence-corrected chi connectivity index (χ0v) is 14.3. The minimum atomic E-state index is 0.0586. The predicted molar refractivity (Wildman–Crippen MR) is 93.3 cm³/mol. The summed E-state index contributed by atoms with van der Waals surface area (Å²) in [4.78, 5) is 18.8. The number of amides is 1. The van der Waals surface area contributed by atoms with E-state index in [1.807, 2.05) is 65.2 Å². The predicted octanol–water partition coefficient (Wildman–Crippen LogP) is 3.33. The Kier molecular flexibility index (Phi) is 5.38. The van der Waals surface area contributed by atoms with Gasteiger partial charge >= 0.3 is 0 Å². The normalized spacial score (nSPS) is 10.7. The molecule has 2 aromatic heterocycles. The molecule has 0 aliphatic rings. The van der Waals surface area contributed by atoms with Gasteiger partial charge in [-0.05, 0) is 17.7 Å². The highest BCUT2D eigenvalue weighted by molar-refractivity contribution is 7.99. The standard InChI is InChI=1S/C18H19N3O2S/c1-20-10-9-19-18(20)24-14-17(22)21(13-16-8-5-11-23-16)12-15-6-3-2-4-7-15/h2-11H,12-14H2,1H3. The van der Waals surface area contributed by atoms with Crippen LogP contribution in [0.15, 0.2) is 70.7 Å². The van der Waals surface area contributed by atoms with E-state index in [0.29, 0.717) is 18.8 Å². The number of benzene rings is 1. The molecule has 0 unspecified atom stereocenters. The fraction of sp³-hybridized carbons (Fsp3) is 0.222. The van der Waals surface area contributed by atoms with E-state index in [0.717, 1.165) is 16.5 Å². The molecule has 24 heavy (non-hydrogen) atoms. The largest absolute Gasteiger partial charge is 0.467 e. The number of nitrogens with zero attached hydrogens (tertiary/aromatic N) is 3. The van der Waals surface area contributed by atoms with Gasteiger partial charge in [-0.15, -0.1) is 0 Å². The summed E-state index contributed by atoms with van der Waals surface area (Å²) in [5.41, 5.74) is 1.10. The molecule has 0 N–H and O–H groups in total. The molecule has 0 saturated heterocycles. The lowest BCUT2D eigenvalue weighted by Gasteiger charge is -2.21. The molecule has 0 fully saturated rings. The number of aryl methyl sites for hydroxylation is 1. The van der Waals surface area contributed by atoms with E-state index in [-0.39, 0.29) is 5.91 Å². The molecule has 3 rings (SSSR count). The molecule has 0 aliphatic heterocycles. The van der Waals surface area contributed by atoms with Crippen LogP contribution in [-0.2, 0) is 24.9 Å². The first kappa shape index (κ1) is 16.4. The van der Waals surface area contributed by atoms with Gasteiger partial charge in [0, 0.05) is 26.0 Å². The van der Waals surface area contributed by atoms with Crippen molar-refractivity contribution in [3.05, 3.63) is 72.4 Å². The number of rotatable bonds is 7. The Morgan fingerprint density at radius 3 is 2.71 bits per heavy atom. The quantitative estimate of drug-likeness (QED) is 0.619. The van der Waals surface area contributed by atoms with Gasteiger partial charge in [0.1, 0.15) is 5.76 Å². The monoisotopic (exact) mass is 341 g/mol. The second-order valence-electron chi connectivity index (χ2n) is 5.42. The third kappa shape index (κ3) is 4.29. The van der Waals surface area contributed by atoms with Crippen molar-refractivity contribution in [2.24, 2.45) is 7.05 Å². The zero-order chi connectivity index (χ0) is 16.8. The van der Waals surface area contributed by atoms with Crippen molar-refractivity contribution in [3.8, 4) is 0 Å². The van der Waals surface area contributed by atoms with Gasteiger partial charge in [-0.25, -0.2) is 4.98 Å². The molecule has 5 nitrogen and oxygen atoms in total. The molecule has 124 valence electrons. The molecule has 6 heteroatoms. The lowest BCUT2D eigenvalue weighted by molar-refractivity contribution is -0.129. The van der Waals surface area contributed by atoms with Crippen molar-refractivity contribution in [2.75, 3.05) is 5.75 Å². The summed E-state index contributed by atoms with van der Waals surface area (Å²) in [5.74, 6) is 1.18. The SMILES string of the molecule is Cn1ccnc1SCC(=O)N(Cc1ccccc1)Cc1ccco1. The van der Waals surface area contributed by atoms with E-state index < -0.39 is 0 Å². The zero-order valence-electron chi connectivity index (χ0n) is 13.5. The van der Waals surface area contributed by atoms with Crippen LogP contribution in [0.4, 0.5) is 0 Å². The van der Waals surface area contributed by atoms with Crippen molar-refractivity contribution < 1.29 is 9.21 Å². The van der Waals surface area contributed by atoms with Gasteiger partial charge in [0.2, 0.25) is 5.91 Å². The smallest absolute Gasteiger partial charge is 0.233 e. The lowest BCUT2D eigenvalue weighted by atomic mass is 10.2. The van der Waals surface area contributed by atoms with Crippen molar-refractivity contribution >= 4 is 17.7 Å². The Balaban J connectivity index is 1.68. The highest BCUT2D eigenvalue weighted by atomic mass is 32.2. The van der Waals surface area contributed by atoms with Crippen LogP contribution in [0.25, 0.3) is 0 Å². The van der Waals surface area contributed by atoms with Crippen LogP contribution in [0.2, 0.25) is 0 Å². The molecular weight excluding hydrogens is 322 g/mol. The lowest BCUT2D eigenvalue weighted by Crippen LogP contribution is -2.31. The maximum atomic E-state index is 12.7. The van der Waals surface area contributed by atoms with Gasteiger partial charge in [-0.1, -0.05) is 42.1 Å². The fourth-order valence-electron chi connectivity index (χ4n) is 2.34. The minimum Gasteiger partial charge on any atom is -0.467 e. The summed E-state index contributed by atoms with van der Waals surface area (Å²) in [6.45, 7) is 1.02. The number of furan rings is 1. The van der Waals surface area contributed by atoms with Crippen LogP contribution in [0, 0.1) is 0 Å². The summed E-state index contributed by atoms with van der Waals surface area (Å²) in [6, 6.07) is 13.7. The molecule has 0 atom stereocenters. The van der Waals surface area contributed by atoms with Crippen molar-refractivity contribution in [3.63, 3.8) is 0 Å². The number of hydrogen-bond acceptors (Lipinski definition) is 4. The van der Waals surface area contributed by atoms with E-state index in [2.05, 4.69) is 4.98 Å². The number of hydrogen-bond donors (Lipinski definition) is 0. The van der Waals surface area contributed by atoms with Crippen LogP contribution in [-0.4, -0.2) is 26.1 Å². The van der Waals surface area contributed by atoms with Gasteiger partial charge in [0.15, 0.2) is 5.16 Å².